The van der Waals surface area contributed by atoms with E-state index in [-0.39, 0.29) is 6.04 Å². The van der Waals surface area contributed by atoms with Crippen LogP contribution in [0.15, 0.2) is 42.6 Å². The Labute approximate surface area is 129 Å². The van der Waals surface area contributed by atoms with Gasteiger partial charge in [-0.3, -0.25) is 0 Å². The molecule has 0 N–H and O–H groups in total. The smallest absolute Gasteiger partial charge is 0.160 e. The molecule has 0 saturated carbocycles. The third kappa shape index (κ3) is 2.66. The number of aryl methyl sites for hydroxylation is 1. The normalized spacial score (nSPS) is 12.7. The first-order chi connectivity index (χ1) is 10.2. The van der Waals surface area contributed by atoms with Gasteiger partial charge in [0.2, 0.25) is 0 Å². The highest BCUT2D eigenvalue weighted by atomic mass is 35.5. The predicted molar refractivity (Wildman–Crippen MR) is 86.7 cm³/mol. The van der Waals surface area contributed by atoms with Crippen molar-refractivity contribution in [3.63, 3.8) is 0 Å². The number of hydrogen-bond donors (Lipinski definition) is 0. The maximum Gasteiger partial charge on any atom is 0.160 e. The summed E-state index contributed by atoms with van der Waals surface area (Å²) in [5.74, 6) is 1.28. The van der Waals surface area contributed by atoms with Crippen LogP contribution in [0.1, 0.15) is 29.9 Å². The van der Waals surface area contributed by atoms with Crippen LogP contribution in [-0.2, 0) is 12.3 Å². The summed E-state index contributed by atoms with van der Waals surface area (Å²) < 4.78 is 2.17. The van der Waals surface area contributed by atoms with Crippen molar-refractivity contribution < 1.29 is 0 Å². The van der Waals surface area contributed by atoms with Crippen molar-refractivity contribution in [2.75, 3.05) is 0 Å². The maximum atomic E-state index is 6.09. The van der Waals surface area contributed by atoms with E-state index in [9.17, 15) is 0 Å². The van der Waals surface area contributed by atoms with Crippen LogP contribution in [0.2, 0.25) is 0 Å². The first-order valence-electron chi connectivity index (χ1n) is 7.13. The average molecular weight is 300 g/mol. The second kappa shape index (κ2) is 5.86. The lowest BCUT2D eigenvalue weighted by atomic mass is 10.1. The van der Waals surface area contributed by atoms with Crippen molar-refractivity contribution >= 4 is 22.8 Å². The zero-order chi connectivity index (χ0) is 14.8. The molecular formula is C17H18ClN3. The number of nitrogens with zero attached hydrogens (tertiary/aromatic N) is 3. The molecule has 0 aliphatic carbocycles. The molecule has 108 valence electrons. The third-order valence-corrected chi connectivity index (χ3v) is 4.03. The van der Waals surface area contributed by atoms with E-state index in [1.165, 1.54) is 5.56 Å². The molecule has 3 nitrogen and oxygen atoms in total. The summed E-state index contributed by atoms with van der Waals surface area (Å²) in [5, 5.41) is 0. The van der Waals surface area contributed by atoms with Crippen LogP contribution in [-0.4, -0.2) is 14.5 Å². The molecule has 1 aromatic carbocycles. The van der Waals surface area contributed by atoms with E-state index >= 15 is 0 Å². The largest absolute Gasteiger partial charge is 0.309 e. The number of hydrogen-bond acceptors (Lipinski definition) is 2. The number of rotatable bonds is 4. The van der Waals surface area contributed by atoms with Crippen LogP contribution in [0.5, 0.6) is 0 Å². The molecular weight excluding hydrogens is 282 g/mol. The van der Waals surface area contributed by atoms with Gasteiger partial charge in [0.15, 0.2) is 5.65 Å². The van der Waals surface area contributed by atoms with Crippen LogP contribution in [0.4, 0.5) is 0 Å². The quantitative estimate of drug-likeness (QED) is 0.673. The van der Waals surface area contributed by atoms with Gasteiger partial charge < -0.3 is 4.57 Å². The minimum absolute atomic E-state index is 0.264. The lowest BCUT2D eigenvalue weighted by Gasteiger charge is -2.16. The van der Waals surface area contributed by atoms with E-state index in [0.717, 1.165) is 29.0 Å². The molecule has 3 aromatic rings. The number of alkyl halides is 1. The minimum Gasteiger partial charge on any atom is -0.309 e. The first kappa shape index (κ1) is 14.1. The summed E-state index contributed by atoms with van der Waals surface area (Å²) >= 11 is 6.09. The van der Waals surface area contributed by atoms with E-state index in [0.29, 0.717) is 5.88 Å². The standard InChI is InChI=1S/C17H18ClN3/c1-12-8-9-19-17-16(12)20-15(11-18)21(17)13(2)10-14-6-4-3-5-7-14/h3-9,13H,10-11H2,1-2H3. The number of fused-ring (bicyclic) bond motifs is 1. The highest BCUT2D eigenvalue weighted by Crippen LogP contribution is 2.25. The zero-order valence-corrected chi connectivity index (χ0v) is 13.0. The number of benzene rings is 1. The fourth-order valence-corrected chi connectivity index (χ4v) is 2.95. The SMILES string of the molecule is Cc1ccnc2c1nc(CCl)n2C(C)Cc1ccccc1. The Balaban J connectivity index is 2.04. The summed E-state index contributed by atoms with van der Waals surface area (Å²) in [6.07, 6.45) is 2.77. The van der Waals surface area contributed by atoms with Gasteiger partial charge >= 0.3 is 0 Å². The van der Waals surface area contributed by atoms with Crippen LogP contribution in [0.25, 0.3) is 11.2 Å². The molecule has 0 aliphatic heterocycles. The summed E-state index contributed by atoms with van der Waals surface area (Å²) in [6, 6.07) is 12.7. The topological polar surface area (TPSA) is 30.7 Å². The second-order valence-electron chi connectivity index (χ2n) is 5.37. The van der Waals surface area contributed by atoms with Gasteiger partial charge in [-0.1, -0.05) is 30.3 Å². The Morgan fingerprint density at radius 3 is 2.67 bits per heavy atom. The van der Waals surface area contributed by atoms with Crippen LogP contribution < -0.4 is 0 Å². The molecule has 0 spiro atoms. The number of imidazole rings is 1. The highest BCUT2D eigenvalue weighted by Gasteiger charge is 2.17. The van der Waals surface area contributed by atoms with Gasteiger partial charge in [0, 0.05) is 12.2 Å². The predicted octanol–water partition coefficient (Wildman–Crippen LogP) is 4.28. The highest BCUT2D eigenvalue weighted by molar-refractivity contribution is 6.16. The lowest BCUT2D eigenvalue weighted by Crippen LogP contribution is -2.11. The molecule has 0 aliphatic rings. The van der Waals surface area contributed by atoms with Gasteiger partial charge in [-0.25, -0.2) is 9.97 Å². The number of pyridine rings is 1. The van der Waals surface area contributed by atoms with Gasteiger partial charge in [-0.2, -0.15) is 0 Å². The van der Waals surface area contributed by atoms with Crippen molar-refractivity contribution in [1.29, 1.82) is 0 Å². The van der Waals surface area contributed by atoms with E-state index in [4.69, 9.17) is 11.6 Å². The van der Waals surface area contributed by atoms with Gasteiger partial charge in [0.1, 0.15) is 11.3 Å². The number of halogens is 1. The lowest BCUT2D eigenvalue weighted by molar-refractivity contribution is 0.540. The monoisotopic (exact) mass is 299 g/mol. The van der Waals surface area contributed by atoms with E-state index in [1.807, 2.05) is 18.3 Å². The fourth-order valence-electron chi connectivity index (χ4n) is 2.76. The Morgan fingerprint density at radius 2 is 1.95 bits per heavy atom. The Hall–Kier alpha value is -1.87. The van der Waals surface area contributed by atoms with Crippen molar-refractivity contribution in [2.24, 2.45) is 0 Å². The molecule has 0 amide bonds. The van der Waals surface area contributed by atoms with Gasteiger partial charge in [-0.05, 0) is 37.5 Å². The summed E-state index contributed by atoms with van der Waals surface area (Å²) in [7, 11) is 0. The Kier molecular flexibility index (Phi) is 3.93. The summed E-state index contributed by atoms with van der Waals surface area (Å²) in [5.41, 5.74) is 4.32. The molecule has 0 fully saturated rings. The molecule has 3 rings (SSSR count). The van der Waals surface area contributed by atoms with E-state index < -0.39 is 0 Å². The minimum atomic E-state index is 0.264. The Morgan fingerprint density at radius 1 is 1.19 bits per heavy atom. The summed E-state index contributed by atoms with van der Waals surface area (Å²) in [4.78, 5) is 9.18. The molecule has 1 atom stereocenters. The second-order valence-corrected chi connectivity index (χ2v) is 5.64. The molecule has 2 heterocycles. The van der Waals surface area contributed by atoms with Crippen molar-refractivity contribution in [1.82, 2.24) is 14.5 Å². The molecule has 4 heteroatoms. The van der Waals surface area contributed by atoms with E-state index in [2.05, 4.69) is 52.6 Å². The molecule has 0 bridgehead atoms. The van der Waals surface area contributed by atoms with Gasteiger partial charge in [-0.15, -0.1) is 11.6 Å². The van der Waals surface area contributed by atoms with E-state index in [1.54, 1.807) is 0 Å². The van der Waals surface area contributed by atoms with Gasteiger partial charge in [0.05, 0.1) is 5.88 Å². The van der Waals surface area contributed by atoms with Crippen LogP contribution in [0.3, 0.4) is 0 Å². The maximum absolute atomic E-state index is 6.09. The van der Waals surface area contributed by atoms with Crippen molar-refractivity contribution in [2.45, 2.75) is 32.2 Å². The fraction of sp³-hybridized carbons (Fsp3) is 0.294. The molecule has 0 radical (unpaired) electrons. The third-order valence-electron chi connectivity index (χ3n) is 3.79. The van der Waals surface area contributed by atoms with Crippen LogP contribution in [0, 0.1) is 6.92 Å². The molecule has 1 unspecified atom stereocenters. The summed E-state index contributed by atoms with van der Waals surface area (Å²) in [6.45, 7) is 4.25. The van der Waals surface area contributed by atoms with Gasteiger partial charge in [0.25, 0.3) is 0 Å². The Bertz CT molecular complexity index is 749. The van der Waals surface area contributed by atoms with Crippen LogP contribution >= 0.6 is 11.6 Å². The molecule has 21 heavy (non-hydrogen) atoms. The van der Waals surface area contributed by atoms with Crippen molar-refractivity contribution in [3.05, 3.63) is 59.5 Å². The number of aromatic nitrogens is 3. The zero-order valence-electron chi connectivity index (χ0n) is 12.3. The average Bonchev–Trinajstić information content (AvgIpc) is 2.88. The molecule has 2 aromatic heterocycles. The molecule has 0 saturated heterocycles. The first-order valence-corrected chi connectivity index (χ1v) is 7.66. The van der Waals surface area contributed by atoms with Crippen molar-refractivity contribution in [3.8, 4) is 0 Å².